The summed E-state index contributed by atoms with van der Waals surface area (Å²) in [7, 11) is -3.70. The number of amides is 1. The molecule has 0 aliphatic carbocycles. The Labute approximate surface area is 170 Å². The molecule has 7 nitrogen and oxygen atoms in total. The number of hydrogen-bond acceptors (Lipinski definition) is 5. The van der Waals surface area contributed by atoms with Crippen LogP contribution in [0, 0.1) is 5.92 Å². The third-order valence-corrected chi connectivity index (χ3v) is 6.90. The van der Waals surface area contributed by atoms with E-state index in [9.17, 15) is 23.1 Å². The second kappa shape index (κ2) is 9.19. The summed E-state index contributed by atoms with van der Waals surface area (Å²) in [5.74, 6) is -2.45. The van der Waals surface area contributed by atoms with E-state index in [0.717, 1.165) is 5.56 Å². The van der Waals surface area contributed by atoms with Crippen molar-refractivity contribution < 1.29 is 23.1 Å². The normalized spacial score (nSPS) is 18.7. The molecule has 1 N–H and O–H groups in total. The molecule has 2 aromatic rings. The van der Waals surface area contributed by atoms with Gasteiger partial charge in [-0.05, 0) is 37.0 Å². The Balaban J connectivity index is 1.68. The molecular weight excluding hydrogens is 392 g/mol. The lowest BCUT2D eigenvalue weighted by Crippen LogP contribution is -2.53. The summed E-state index contributed by atoms with van der Waals surface area (Å²) >= 11 is 0. The quantitative estimate of drug-likeness (QED) is 0.711. The van der Waals surface area contributed by atoms with E-state index >= 15 is 0 Å². The van der Waals surface area contributed by atoms with Crippen molar-refractivity contribution in [3.63, 3.8) is 0 Å². The zero-order chi connectivity index (χ0) is 20.9. The summed E-state index contributed by atoms with van der Waals surface area (Å²) in [6.07, 6.45) is 1.13. The maximum Gasteiger partial charge on any atom is 0.243 e. The van der Waals surface area contributed by atoms with Crippen molar-refractivity contribution in [2.24, 2.45) is 5.92 Å². The molecule has 1 fully saturated rings. The van der Waals surface area contributed by atoms with E-state index in [-0.39, 0.29) is 17.9 Å². The number of benzene rings is 2. The second-order valence-electron chi connectivity index (χ2n) is 7.09. The first kappa shape index (κ1) is 21.0. The number of nitrogens with zero attached hydrogens (tertiary/aromatic N) is 1. The first-order chi connectivity index (χ1) is 13.9. The van der Waals surface area contributed by atoms with Crippen LogP contribution in [0.4, 0.5) is 0 Å². The van der Waals surface area contributed by atoms with Crippen LogP contribution in [0.2, 0.25) is 0 Å². The number of hydrogen-bond donors (Lipinski definition) is 1. The molecule has 0 radical (unpaired) electrons. The molecule has 29 heavy (non-hydrogen) atoms. The van der Waals surface area contributed by atoms with Crippen LogP contribution in [-0.4, -0.2) is 43.7 Å². The van der Waals surface area contributed by atoms with Crippen LogP contribution in [0.1, 0.15) is 18.4 Å². The van der Waals surface area contributed by atoms with Crippen LogP contribution in [0.3, 0.4) is 0 Å². The molecular formula is C21H23N2O5S-. The summed E-state index contributed by atoms with van der Waals surface area (Å²) in [6, 6.07) is 15.8. The summed E-state index contributed by atoms with van der Waals surface area (Å²) in [5, 5.41) is 14.0. The van der Waals surface area contributed by atoms with Crippen molar-refractivity contribution in [2.75, 3.05) is 13.1 Å². The highest BCUT2D eigenvalue weighted by molar-refractivity contribution is 7.89. The van der Waals surface area contributed by atoms with E-state index in [1.807, 2.05) is 6.07 Å². The number of rotatable bonds is 7. The Hall–Kier alpha value is -2.71. The fourth-order valence-corrected chi connectivity index (χ4v) is 4.99. The van der Waals surface area contributed by atoms with Gasteiger partial charge in [-0.1, -0.05) is 48.5 Å². The van der Waals surface area contributed by atoms with Crippen molar-refractivity contribution in [3.8, 4) is 0 Å². The van der Waals surface area contributed by atoms with E-state index < -0.39 is 33.9 Å². The number of carbonyl (C=O) groups excluding carboxylic acids is 2. The molecule has 2 aromatic carbocycles. The van der Waals surface area contributed by atoms with E-state index in [1.54, 1.807) is 42.5 Å². The number of nitrogens with one attached hydrogen (secondary N) is 1. The van der Waals surface area contributed by atoms with Gasteiger partial charge in [0.15, 0.2) is 0 Å². The second-order valence-corrected chi connectivity index (χ2v) is 9.02. The highest BCUT2D eigenvalue weighted by Gasteiger charge is 2.34. The Morgan fingerprint density at radius 3 is 2.31 bits per heavy atom. The highest BCUT2D eigenvalue weighted by Crippen LogP contribution is 2.24. The molecule has 2 atom stereocenters. The summed E-state index contributed by atoms with van der Waals surface area (Å²) < 4.78 is 26.9. The van der Waals surface area contributed by atoms with Gasteiger partial charge in [-0.25, -0.2) is 8.42 Å². The molecule has 0 aromatic heterocycles. The van der Waals surface area contributed by atoms with Gasteiger partial charge in [0, 0.05) is 13.1 Å². The Bertz CT molecular complexity index is 948. The Morgan fingerprint density at radius 1 is 1.07 bits per heavy atom. The number of carboxylic acids is 1. The van der Waals surface area contributed by atoms with Crippen molar-refractivity contribution in [3.05, 3.63) is 66.2 Å². The first-order valence-corrected chi connectivity index (χ1v) is 10.9. The summed E-state index contributed by atoms with van der Waals surface area (Å²) in [4.78, 5) is 24.4. The molecule has 8 heteroatoms. The van der Waals surface area contributed by atoms with Crippen LogP contribution < -0.4 is 10.4 Å². The van der Waals surface area contributed by atoms with Crippen molar-refractivity contribution in [1.29, 1.82) is 0 Å². The average Bonchev–Trinajstić information content (AvgIpc) is 2.74. The molecule has 154 valence electrons. The van der Waals surface area contributed by atoms with E-state index in [2.05, 4.69) is 5.32 Å². The Kier molecular flexibility index (Phi) is 6.66. The van der Waals surface area contributed by atoms with Gasteiger partial charge in [-0.2, -0.15) is 4.31 Å². The lowest BCUT2D eigenvalue weighted by molar-refractivity contribution is -0.308. The van der Waals surface area contributed by atoms with Gasteiger partial charge in [-0.15, -0.1) is 0 Å². The number of sulfonamides is 1. The van der Waals surface area contributed by atoms with Gasteiger partial charge < -0.3 is 15.2 Å². The number of carboxylic acid groups (broad SMARTS) is 1. The number of aliphatic carboxylic acids is 1. The fourth-order valence-electron chi connectivity index (χ4n) is 3.45. The molecule has 1 amide bonds. The van der Waals surface area contributed by atoms with Gasteiger partial charge in [0.1, 0.15) is 0 Å². The monoisotopic (exact) mass is 415 g/mol. The average molecular weight is 415 g/mol. The molecule has 1 heterocycles. The summed E-state index contributed by atoms with van der Waals surface area (Å²) in [6.45, 7) is 0.350. The topological polar surface area (TPSA) is 107 Å². The van der Waals surface area contributed by atoms with E-state index in [1.165, 1.54) is 16.4 Å². The molecule has 0 spiro atoms. The van der Waals surface area contributed by atoms with Gasteiger partial charge >= 0.3 is 0 Å². The summed E-state index contributed by atoms with van der Waals surface area (Å²) in [5.41, 5.74) is 0.763. The lowest BCUT2D eigenvalue weighted by Gasteiger charge is -2.32. The van der Waals surface area contributed by atoms with Gasteiger partial charge in [0.2, 0.25) is 15.9 Å². The van der Waals surface area contributed by atoms with Crippen molar-refractivity contribution >= 4 is 21.9 Å². The third kappa shape index (κ3) is 5.21. The molecule has 1 saturated heterocycles. The minimum absolute atomic E-state index is 0.0220. The minimum atomic E-state index is -3.70. The number of carbonyl (C=O) groups is 2. The zero-order valence-corrected chi connectivity index (χ0v) is 16.7. The van der Waals surface area contributed by atoms with Gasteiger partial charge in [-0.3, -0.25) is 4.79 Å². The third-order valence-electron chi connectivity index (χ3n) is 5.02. The largest absolute Gasteiger partial charge is 0.548 e. The van der Waals surface area contributed by atoms with Crippen LogP contribution in [0.25, 0.3) is 0 Å². The van der Waals surface area contributed by atoms with Crippen molar-refractivity contribution in [2.45, 2.75) is 30.2 Å². The molecule has 1 aliphatic rings. The predicted molar refractivity (Wildman–Crippen MR) is 105 cm³/mol. The standard InChI is InChI=1S/C21H24N2O5S/c24-20(22-19(21(25)26)14-16-8-3-1-4-9-16)17-10-7-13-23(15-17)29(27,28)18-11-5-2-6-12-18/h1-6,8-9,11-12,17,19H,7,10,13-15H2,(H,22,24)(H,25,26)/p-1/t17-,19-/m0/s1. The van der Waals surface area contributed by atoms with Crippen LogP contribution >= 0.6 is 0 Å². The first-order valence-electron chi connectivity index (χ1n) is 9.48. The number of piperidine rings is 1. The van der Waals surface area contributed by atoms with E-state index in [0.29, 0.717) is 19.4 Å². The maximum absolute atomic E-state index is 12.8. The lowest BCUT2D eigenvalue weighted by atomic mass is 9.97. The van der Waals surface area contributed by atoms with Crippen molar-refractivity contribution in [1.82, 2.24) is 9.62 Å². The van der Waals surface area contributed by atoms with Crippen LogP contribution in [0.15, 0.2) is 65.6 Å². The molecule has 0 saturated carbocycles. The minimum Gasteiger partial charge on any atom is -0.548 e. The highest BCUT2D eigenvalue weighted by atomic mass is 32.2. The van der Waals surface area contributed by atoms with Crippen LogP contribution in [0.5, 0.6) is 0 Å². The maximum atomic E-state index is 12.8. The van der Waals surface area contributed by atoms with E-state index in [4.69, 9.17) is 0 Å². The smallest absolute Gasteiger partial charge is 0.243 e. The molecule has 0 unspecified atom stereocenters. The van der Waals surface area contributed by atoms with Gasteiger partial charge in [0.05, 0.1) is 22.8 Å². The predicted octanol–water partition coefficient (Wildman–Crippen LogP) is 0.565. The zero-order valence-electron chi connectivity index (χ0n) is 15.9. The van der Waals surface area contributed by atoms with Crippen LogP contribution in [-0.2, 0) is 26.0 Å². The molecule has 1 aliphatic heterocycles. The molecule has 0 bridgehead atoms. The fraction of sp³-hybridized carbons (Fsp3) is 0.333. The Morgan fingerprint density at radius 2 is 1.69 bits per heavy atom. The van der Waals surface area contributed by atoms with Gasteiger partial charge in [0.25, 0.3) is 0 Å². The SMILES string of the molecule is O=C(N[C@@H](Cc1ccccc1)C(=O)[O-])[C@H]1CCCN(S(=O)(=O)c2ccccc2)C1. The molecule has 3 rings (SSSR count).